The minimum absolute atomic E-state index is 0.255. The van der Waals surface area contributed by atoms with E-state index in [0.29, 0.717) is 0 Å². The molecule has 0 aromatic carbocycles. The first-order valence-corrected chi connectivity index (χ1v) is 6.42. The zero-order chi connectivity index (χ0) is 13.2. The van der Waals surface area contributed by atoms with Gasteiger partial charge in [-0.3, -0.25) is 24.5 Å². The van der Waals surface area contributed by atoms with Gasteiger partial charge in [-0.25, -0.2) is 13.2 Å². The number of nitrogens with zero attached hydrogens (tertiary/aromatic N) is 2. The molecule has 9 nitrogen and oxygen atoms in total. The molecule has 1 N–H and O–H groups in total. The smallest absolute Gasteiger partial charge is 0.293 e. The Balaban J connectivity index is 3.18. The van der Waals surface area contributed by atoms with Crippen LogP contribution in [-0.4, -0.2) is 34.9 Å². The van der Waals surface area contributed by atoms with Crippen molar-refractivity contribution in [1.29, 1.82) is 0 Å². The van der Waals surface area contributed by atoms with Crippen molar-refractivity contribution in [2.45, 2.75) is 6.54 Å². The highest BCUT2D eigenvalue weighted by Gasteiger charge is 2.15. The molecule has 1 rings (SSSR count). The largest absolute Gasteiger partial charge is 0.350 e. The second-order valence-electron chi connectivity index (χ2n) is 3.35. The van der Waals surface area contributed by atoms with E-state index in [-0.39, 0.29) is 12.3 Å². The van der Waals surface area contributed by atoms with Crippen LogP contribution in [0.2, 0.25) is 0 Å². The van der Waals surface area contributed by atoms with Crippen LogP contribution >= 0.6 is 0 Å². The predicted molar refractivity (Wildman–Crippen MR) is 57.7 cm³/mol. The van der Waals surface area contributed by atoms with Gasteiger partial charge < -0.3 is 0 Å². The van der Waals surface area contributed by atoms with Crippen molar-refractivity contribution in [3.63, 3.8) is 0 Å². The van der Waals surface area contributed by atoms with Crippen LogP contribution in [0.1, 0.15) is 0 Å². The number of hydrogen-bond donors (Lipinski definition) is 1. The minimum Gasteiger partial charge on any atom is -0.293 e. The third-order valence-corrected chi connectivity index (χ3v) is 2.82. The van der Waals surface area contributed by atoms with Gasteiger partial charge in [0.1, 0.15) is 9.84 Å². The SMILES string of the molecule is CS(=O)(=O)CCn1cc([N+](=O)[O-])c(=O)[nH]c1=O. The van der Waals surface area contributed by atoms with Gasteiger partial charge in [-0.2, -0.15) is 0 Å². The first kappa shape index (κ1) is 13.1. The number of H-pyrrole nitrogens is 1. The number of nitrogens with one attached hydrogen (secondary N) is 1. The van der Waals surface area contributed by atoms with Crippen molar-refractivity contribution in [3.05, 3.63) is 37.1 Å². The summed E-state index contributed by atoms with van der Waals surface area (Å²) in [5.41, 5.74) is -2.81. The van der Waals surface area contributed by atoms with Crippen LogP contribution in [0.5, 0.6) is 0 Å². The van der Waals surface area contributed by atoms with E-state index in [1.54, 1.807) is 4.98 Å². The lowest BCUT2D eigenvalue weighted by atomic mass is 10.5. The molecular weight excluding hydrogens is 254 g/mol. The van der Waals surface area contributed by atoms with Crippen molar-refractivity contribution in [2.24, 2.45) is 0 Å². The maximum absolute atomic E-state index is 11.2. The highest BCUT2D eigenvalue weighted by Crippen LogP contribution is 1.99. The minimum atomic E-state index is -3.30. The second-order valence-corrected chi connectivity index (χ2v) is 5.61. The summed E-state index contributed by atoms with van der Waals surface area (Å²) >= 11 is 0. The lowest BCUT2D eigenvalue weighted by Crippen LogP contribution is -2.32. The Hall–Kier alpha value is -1.97. The van der Waals surface area contributed by atoms with E-state index in [1.807, 2.05) is 0 Å². The number of aromatic amines is 1. The Morgan fingerprint density at radius 3 is 2.53 bits per heavy atom. The van der Waals surface area contributed by atoms with Crippen molar-refractivity contribution < 1.29 is 13.3 Å². The number of aromatic nitrogens is 2. The molecule has 0 aliphatic rings. The van der Waals surface area contributed by atoms with E-state index in [1.165, 1.54) is 0 Å². The third-order valence-electron chi connectivity index (χ3n) is 1.89. The summed E-state index contributed by atoms with van der Waals surface area (Å²) in [6.45, 7) is -0.255. The molecule has 0 bridgehead atoms. The molecule has 0 amide bonds. The Morgan fingerprint density at radius 2 is 2.06 bits per heavy atom. The van der Waals surface area contributed by atoms with Gasteiger partial charge in [0.25, 0.3) is 0 Å². The fourth-order valence-corrected chi connectivity index (χ4v) is 1.59. The molecule has 0 saturated heterocycles. The van der Waals surface area contributed by atoms with Crippen LogP contribution in [0.4, 0.5) is 5.69 Å². The molecule has 0 aliphatic heterocycles. The molecule has 0 radical (unpaired) electrons. The zero-order valence-electron chi connectivity index (χ0n) is 8.74. The second kappa shape index (κ2) is 4.49. The molecular formula is C7H9N3O6S. The first-order chi connectivity index (χ1) is 7.70. The summed E-state index contributed by atoms with van der Waals surface area (Å²) in [6, 6.07) is 0. The third kappa shape index (κ3) is 3.52. The number of hydrogen-bond acceptors (Lipinski definition) is 6. The van der Waals surface area contributed by atoms with Crippen LogP contribution in [0.15, 0.2) is 15.8 Å². The molecule has 10 heteroatoms. The molecule has 1 aromatic heterocycles. The summed E-state index contributed by atoms with van der Waals surface area (Å²) in [7, 11) is -3.30. The van der Waals surface area contributed by atoms with E-state index in [9.17, 15) is 28.1 Å². The molecule has 94 valence electrons. The summed E-state index contributed by atoms with van der Waals surface area (Å²) in [4.78, 5) is 33.5. The molecule has 1 aromatic rings. The molecule has 17 heavy (non-hydrogen) atoms. The molecule has 0 saturated carbocycles. The van der Waals surface area contributed by atoms with E-state index >= 15 is 0 Å². The molecule has 0 fully saturated rings. The number of rotatable bonds is 4. The van der Waals surface area contributed by atoms with Crippen LogP contribution in [0, 0.1) is 10.1 Å². The number of aryl methyl sites for hydroxylation is 1. The van der Waals surface area contributed by atoms with Gasteiger partial charge in [0.15, 0.2) is 0 Å². The van der Waals surface area contributed by atoms with Crippen LogP contribution in [-0.2, 0) is 16.4 Å². The Morgan fingerprint density at radius 1 is 1.47 bits per heavy atom. The molecule has 0 spiro atoms. The van der Waals surface area contributed by atoms with Gasteiger partial charge in [-0.1, -0.05) is 0 Å². The fraction of sp³-hybridized carbons (Fsp3) is 0.429. The summed E-state index contributed by atoms with van der Waals surface area (Å²) in [5.74, 6) is -0.351. The van der Waals surface area contributed by atoms with E-state index in [0.717, 1.165) is 17.0 Å². The van der Waals surface area contributed by atoms with Gasteiger partial charge in [0.05, 0.1) is 16.9 Å². The average Bonchev–Trinajstić information content (AvgIpc) is 2.14. The summed E-state index contributed by atoms with van der Waals surface area (Å²) in [6.07, 6.45) is 1.70. The van der Waals surface area contributed by atoms with Gasteiger partial charge >= 0.3 is 16.9 Å². The first-order valence-electron chi connectivity index (χ1n) is 4.36. The Bertz CT molecular complexity index is 655. The average molecular weight is 263 g/mol. The van der Waals surface area contributed by atoms with Gasteiger partial charge in [-0.05, 0) is 0 Å². The Labute approximate surface area is 94.8 Å². The van der Waals surface area contributed by atoms with Crippen LogP contribution in [0.3, 0.4) is 0 Å². The maximum atomic E-state index is 11.2. The topological polar surface area (TPSA) is 132 Å². The fourth-order valence-electron chi connectivity index (χ4n) is 1.06. The van der Waals surface area contributed by atoms with E-state index < -0.39 is 31.7 Å². The predicted octanol–water partition coefficient (Wildman–Crippen LogP) is -1.51. The molecule has 1 heterocycles. The monoisotopic (exact) mass is 263 g/mol. The molecule has 0 unspecified atom stereocenters. The highest BCUT2D eigenvalue weighted by atomic mass is 32.2. The molecule has 0 atom stereocenters. The van der Waals surface area contributed by atoms with Gasteiger partial charge in [-0.15, -0.1) is 0 Å². The normalized spacial score (nSPS) is 11.4. The van der Waals surface area contributed by atoms with E-state index in [2.05, 4.69) is 0 Å². The highest BCUT2D eigenvalue weighted by molar-refractivity contribution is 7.90. The number of nitro groups is 1. The van der Waals surface area contributed by atoms with Crippen molar-refractivity contribution in [3.8, 4) is 0 Å². The molecule has 0 aliphatic carbocycles. The van der Waals surface area contributed by atoms with Crippen LogP contribution < -0.4 is 11.2 Å². The lowest BCUT2D eigenvalue weighted by Gasteiger charge is -2.02. The summed E-state index contributed by atoms with van der Waals surface area (Å²) < 4.78 is 22.5. The quantitative estimate of drug-likeness (QED) is 0.518. The lowest BCUT2D eigenvalue weighted by molar-refractivity contribution is -0.386. The van der Waals surface area contributed by atoms with E-state index in [4.69, 9.17) is 0 Å². The van der Waals surface area contributed by atoms with Crippen molar-refractivity contribution in [2.75, 3.05) is 12.0 Å². The Kier molecular flexibility index (Phi) is 3.46. The summed E-state index contributed by atoms with van der Waals surface area (Å²) in [5, 5.41) is 10.4. The standard InChI is InChI=1S/C7H9N3O6S/c1-17(15,16)3-2-9-4-5(10(13)14)6(11)8-7(9)12/h4H,2-3H2,1H3,(H,8,11,12). The number of sulfone groups is 1. The van der Waals surface area contributed by atoms with Crippen molar-refractivity contribution >= 4 is 15.5 Å². The van der Waals surface area contributed by atoms with Crippen LogP contribution in [0.25, 0.3) is 0 Å². The van der Waals surface area contributed by atoms with Crippen molar-refractivity contribution in [1.82, 2.24) is 9.55 Å². The van der Waals surface area contributed by atoms with Gasteiger partial charge in [0.2, 0.25) is 0 Å². The zero-order valence-corrected chi connectivity index (χ0v) is 9.56. The van der Waals surface area contributed by atoms with Gasteiger partial charge in [0, 0.05) is 12.8 Å². The maximum Gasteiger partial charge on any atom is 0.350 e.